The van der Waals surface area contributed by atoms with Crippen LogP contribution in [-0.2, 0) is 6.54 Å². The van der Waals surface area contributed by atoms with Crippen molar-refractivity contribution in [2.75, 3.05) is 20.2 Å². The summed E-state index contributed by atoms with van der Waals surface area (Å²) in [5.41, 5.74) is 7.71. The minimum Gasteiger partial charge on any atom is -0.496 e. The average molecular weight is 298 g/mol. The first-order chi connectivity index (χ1) is 10.5. The number of rotatable bonds is 3. The fourth-order valence-corrected chi connectivity index (χ4v) is 3.51. The Balaban J connectivity index is 1.93. The third-order valence-electron chi connectivity index (χ3n) is 4.99. The van der Waals surface area contributed by atoms with E-state index >= 15 is 0 Å². The number of nitrogens with zero attached hydrogens (tertiary/aromatic N) is 1. The second-order valence-electron chi connectivity index (χ2n) is 7.06. The number of likely N-dealkylation sites (tertiary alicyclic amines) is 1. The van der Waals surface area contributed by atoms with E-state index in [1.165, 1.54) is 16.3 Å². The number of ether oxygens (including phenoxy) is 1. The van der Waals surface area contributed by atoms with Crippen molar-refractivity contribution >= 4 is 10.8 Å². The Morgan fingerprint density at radius 2 is 2.00 bits per heavy atom. The van der Waals surface area contributed by atoms with Crippen LogP contribution in [0.2, 0.25) is 0 Å². The van der Waals surface area contributed by atoms with Crippen LogP contribution >= 0.6 is 0 Å². The maximum atomic E-state index is 6.26. The minimum atomic E-state index is 0.163. The molecule has 1 aliphatic rings. The van der Waals surface area contributed by atoms with E-state index in [2.05, 4.69) is 55.1 Å². The van der Waals surface area contributed by atoms with Gasteiger partial charge in [-0.25, -0.2) is 0 Å². The van der Waals surface area contributed by atoms with E-state index in [4.69, 9.17) is 10.5 Å². The molecule has 0 saturated carbocycles. The lowest BCUT2D eigenvalue weighted by atomic mass is 9.79. The summed E-state index contributed by atoms with van der Waals surface area (Å²) in [5.74, 6) is 0.978. The number of fused-ring (bicyclic) bond motifs is 1. The molecular formula is C19H26N2O. The molecule has 1 unspecified atom stereocenters. The highest BCUT2D eigenvalue weighted by Gasteiger charge is 2.33. The van der Waals surface area contributed by atoms with Gasteiger partial charge in [0.1, 0.15) is 5.75 Å². The van der Waals surface area contributed by atoms with Crippen molar-refractivity contribution in [2.24, 2.45) is 11.1 Å². The summed E-state index contributed by atoms with van der Waals surface area (Å²) in [5, 5.41) is 2.56. The van der Waals surface area contributed by atoms with Crippen molar-refractivity contribution < 1.29 is 4.74 Å². The van der Waals surface area contributed by atoms with Gasteiger partial charge in [0.15, 0.2) is 0 Å². The zero-order chi connectivity index (χ0) is 15.7. The molecule has 2 aromatic carbocycles. The predicted octanol–water partition coefficient (Wildman–Crippen LogP) is 3.41. The van der Waals surface area contributed by atoms with Crippen LogP contribution in [-0.4, -0.2) is 31.1 Å². The number of piperidine rings is 1. The van der Waals surface area contributed by atoms with Gasteiger partial charge in [-0.1, -0.05) is 44.2 Å². The maximum Gasteiger partial charge on any atom is 0.123 e. The van der Waals surface area contributed by atoms with Gasteiger partial charge in [0.25, 0.3) is 0 Å². The lowest BCUT2D eigenvalue weighted by molar-refractivity contribution is 0.0896. The van der Waals surface area contributed by atoms with E-state index in [1.54, 1.807) is 7.11 Å². The Kier molecular flexibility index (Phi) is 4.11. The topological polar surface area (TPSA) is 38.5 Å². The Morgan fingerprint density at radius 1 is 1.23 bits per heavy atom. The number of hydrogen-bond donors (Lipinski definition) is 1. The first kappa shape index (κ1) is 15.3. The van der Waals surface area contributed by atoms with E-state index < -0.39 is 0 Å². The quantitative estimate of drug-likeness (QED) is 0.944. The summed E-state index contributed by atoms with van der Waals surface area (Å²) in [6, 6.07) is 13.0. The highest BCUT2D eigenvalue weighted by atomic mass is 16.5. The highest BCUT2D eigenvalue weighted by molar-refractivity contribution is 5.87. The van der Waals surface area contributed by atoms with Crippen LogP contribution in [0.1, 0.15) is 25.8 Å². The van der Waals surface area contributed by atoms with Crippen LogP contribution in [0.25, 0.3) is 10.8 Å². The first-order valence-corrected chi connectivity index (χ1v) is 8.04. The standard InChI is InChI=1S/C19H26N2O/c1-19(2)13-21(11-10-18(19)20)12-16-15-7-5-4-6-14(15)8-9-17(16)22-3/h4-9,18H,10-13,20H2,1-3H3. The second kappa shape index (κ2) is 5.90. The van der Waals surface area contributed by atoms with Crippen LogP contribution in [0.3, 0.4) is 0 Å². The van der Waals surface area contributed by atoms with Crippen LogP contribution in [0.15, 0.2) is 36.4 Å². The Morgan fingerprint density at radius 3 is 2.73 bits per heavy atom. The average Bonchev–Trinajstić information content (AvgIpc) is 2.51. The number of benzene rings is 2. The minimum absolute atomic E-state index is 0.163. The maximum absolute atomic E-state index is 6.26. The van der Waals surface area contributed by atoms with Crippen LogP contribution in [0.5, 0.6) is 5.75 Å². The molecule has 1 aliphatic heterocycles. The van der Waals surface area contributed by atoms with Gasteiger partial charge in [-0.2, -0.15) is 0 Å². The van der Waals surface area contributed by atoms with Crippen LogP contribution in [0.4, 0.5) is 0 Å². The fourth-order valence-electron chi connectivity index (χ4n) is 3.51. The van der Waals surface area contributed by atoms with E-state index in [0.717, 1.165) is 31.8 Å². The summed E-state index contributed by atoms with van der Waals surface area (Å²) in [4.78, 5) is 2.51. The summed E-state index contributed by atoms with van der Waals surface area (Å²) < 4.78 is 5.62. The molecule has 0 spiro atoms. The Bertz CT molecular complexity index is 666. The molecule has 3 nitrogen and oxygen atoms in total. The predicted molar refractivity (Wildman–Crippen MR) is 92.2 cm³/mol. The lowest BCUT2D eigenvalue weighted by Gasteiger charge is -2.42. The Hall–Kier alpha value is -1.58. The van der Waals surface area contributed by atoms with Gasteiger partial charge in [0.2, 0.25) is 0 Å². The van der Waals surface area contributed by atoms with E-state index in [1.807, 2.05) is 0 Å². The van der Waals surface area contributed by atoms with Crippen molar-refractivity contribution in [3.05, 3.63) is 42.0 Å². The molecule has 1 saturated heterocycles. The number of nitrogens with two attached hydrogens (primary N) is 1. The molecule has 3 rings (SSSR count). The van der Waals surface area contributed by atoms with Gasteiger partial charge in [0.05, 0.1) is 7.11 Å². The SMILES string of the molecule is COc1ccc2ccccc2c1CN1CCC(N)C(C)(C)C1. The van der Waals surface area contributed by atoms with Gasteiger partial charge >= 0.3 is 0 Å². The molecule has 0 radical (unpaired) electrons. The van der Waals surface area contributed by atoms with Crippen molar-refractivity contribution in [1.82, 2.24) is 4.90 Å². The number of methoxy groups -OCH3 is 1. The molecule has 118 valence electrons. The van der Waals surface area contributed by atoms with Crippen LogP contribution in [0, 0.1) is 5.41 Å². The first-order valence-electron chi connectivity index (χ1n) is 8.04. The smallest absolute Gasteiger partial charge is 0.123 e. The lowest BCUT2D eigenvalue weighted by Crippen LogP contribution is -2.52. The van der Waals surface area contributed by atoms with Crippen LogP contribution < -0.4 is 10.5 Å². The molecule has 0 amide bonds. The summed E-state index contributed by atoms with van der Waals surface area (Å²) in [6.07, 6.45) is 1.06. The molecule has 1 heterocycles. The van der Waals surface area contributed by atoms with Gasteiger partial charge in [-0.15, -0.1) is 0 Å². The van der Waals surface area contributed by atoms with E-state index in [9.17, 15) is 0 Å². The molecular weight excluding hydrogens is 272 g/mol. The Labute approximate surface area is 133 Å². The van der Waals surface area contributed by atoms with Crippen molar-refractivity contribution in [1.29, 1.82) is 0 Å². The number of hydrogen-bond acceptors (Lipinski definition) is 3. The van der Waals surface area contributed by atoms with Gasteiger partial charge in [0, 0.05) is 31.2 Å². The zero-order valence-corrected chi connectivity index (χ0v) is 13.8. The fraction of sp³-hybridized carbons (Fsp3) is 0.474. The largest absolute Gasteiger partial charge is 0.496 e. The van der Waals surface area contributed by atoms with Crippen molar-refractivity contribution in [2.45, 2.75) is 32.9 Å². The third-order valence-corrected chi connectivity index (χ3v) is 4.99. The molecule has 3 heteroatoms. The van der Waals surface area contributed by atoms with Gasteiger partial charge in [-0.05, 0) is 28.7 Å². The molecule has 1 atom stereocenters. The second-order valence-corrected chi connectivity index (χ2v) is 7.06. The molecule has 0 aromatic heterocycles. The van der Waals surface area contributed by atoms with Gasteiger partial charge < -0.3 is 10.5 Å². The molecule has 22 heavy (non-hydrogen) atoms. The van der Waals surface area contributed by atoms with Crippen molar-refractivity contribution in [3.8, 4) is 5.75 Å². The molecule has 0 bridgehead atoms. The summed E-state index contributed by atoms with van der Waals surface area (Å²) in [6.45, 7) is 7.53. The molecule has 2 N–H and O–H groups in total. The normalized spacial score (nSPS) is 21.9. The van der Waals surface area contributed by atoms with Crippen molar-refractivity contribution in [3.63, 3.8) is 0 Å². The molecule has 2 aromatic rings. The highest BCUT2D eigenvalue weighted by Crippen LogP contribution is 2.33. The summed E-state index contributed by atoms with van der Waals surface area (Å²) in [7, 11) is 1.75. The summed E-state index contributed by atoms with van der Waals surface area (Å²) >= 11 is 0. The molecule has 1 fully saturated rings. The van der Waals surface area contributed by atoms with E-state index in [-0.39, 0.29) is 11.5 Å². The zero-order valence-electron chi connectivity index (χ0n) is 13.8. The molecule has 0 aliphatic carbocycles. The monoisotopic (exact) mass is 298 g/mol. The van der Waals surface area contributed by atoms with Gasteiger partial charge in [-0.3, -0.25) is 4.90 Å². The third kappa shape index (κ3) is 2.83. The van der Waals surface area contributed by atoms with E-state index in [0.29, 0.717) is 0 Å².